The molecular weight excluding hydrogens is 393 g/mol. The highest BCUT2D eigenvalue weighted by Crippen LogP contribution is 2.40. The second-order valence-corrected chi connectivity index (χ2v) is 9.02. The molecule has 0 unspecified atom stereocenters. The van der Waals surface area contributed by atoms with E-state index in [-0.39, 0.29) is 17.1 Å². The first-order valence-electron chi connectivity index (χ1n) is 11.0. The van der Waals surface area contributed by atoms with Gasteiger partial charge < -0.3 is 14.6 Å². The number of methoxy groups -OCH3 is 1. The summed E-state index contributed by atoms with van der Waals surface area (Å²) in [7, 11) is 1.60. The molecule has 1 spiro atoms. The molecule has 0 aliphatic carbocycles. The molecule has 1 atom stereocenters. The average Bonchev–Trinajstić information content (AvgIpc) is 3.39. The first-order chi connectivity index (χ1) is 15.0. The van der Waals surface area contributed by atoms with Gasteiger partial charge in [-0.2, -0.15) is 0 Å². The van der Waals surface area contributed by atoms with Crippen LogP contribution in [0.5, 0.6) is 5.75 Å². The van der Waals surface area contributed by atoms with Gasteiger partial charge in [-0.15, -0.1) is 0 Å². The number of halogens is 1. The van der Waals surface area contributed by atoms with Crippen LogP contribution in [0.15, 0.2) is 48.5 Å². The second kappa shape index (κ2) is 8.00. The fourth-order valence-electron chi connectivity index (χ4n) is 5.29. The maximum Gasteiger partial charge on any atom is 0.270 e. The van der Waals surface area contributed by atoms with Crippen LogP contribution in [0.4, 0.5) is 4.39 Å². The molecule has 3 heterocycles. The Labute approximate surface area is 181 Å². The number of aromatic amines is 1. The molecule has 2 aromatic carbocycles. The SMILES string of the molecule is COc1ccc(F)c(CN2CCC[C@]3(CCN(C(=O)c4cc5ccccc5[nH]4)C3)C2)c1. The summed E-state index contributed by atoms with van der Waals surface area (Å²) in [4.78, 5) is 20.7. The lowest BCUT2D eigenvalue weighted by atomic mass is 9.79. The largest absolute Gasteiger partial charge is 0.497 e. The summed E-state index contributed by atoms with van der Waals surface area (Å²) in [6.07, 6.45) is 3.18. The van der Waals surface area contributed by atoms with E-state index in [1.807, 2.05) is 35.2 Å². The van der Waals surface area contributed by atoms with Crippen molar-refractivity contribution in [2.45, 2.75) is 25.8 Å². The number of nitrogens with zero attached hydrogens (tertiary/aromatic N) is 2. The number of para-hydroxylation sites is 1. The molecule has 5 rings (SSSR count). The number of ether oxygens (including phenoxy) is 1. The molecule has 0 radical (unpaired) electrons. The van der Waals surface area contributed by atoms with Crippen LogP contribution in [0.3, 0.4) is 0 Å². The van der Waals surface area contributed by atoms with Crippen LogP contribution in [0, 0.1) is 11.2 Å². The summed E-state index contributed by atoms with van der Waals surface area (Å²) in [5.74, 6) is 0.561. The van der Waals surface area contributed by atoms with Gasteiger partial charge in [0.1, 0.15) is 17.3 Å². The van der Waals surface area contributed by atoms with Gasteiger partial charge in [0.05, 0.1) is 7.11 Å². The zero-order valence-corrected chi connectivity index (χ0v) is 17.9. The summed E-state index contributed by atoms with van der Waals surface area (Å²) in [5.41, 5.74) is 2.41. The predicted octanol–water partition coefficient (Wildman–Crippen LogP) is 4.44. The third-order valence-corrected chi connectivity index (χ3v) is 6.87. The highest BCUT2D eigenvalue weighted by atomic mass is 19.1. The zero-order chi connectivity index (χ0) is 21.4. The Kier molecular flexibility index (Phi) is 5.18. The van der Waals surface area contributed by atoms with E-state index in [2.05, 4.69) is 9.88 Å². The van der Waals surface area contributed by atoms with Crippen molar-refractivity contribution in [2.24, 2.45) is 5.41 Å². The number of piperidine rings is 1. The highest BCUT2D eigenvalue weighted by molar-refractivity contribution is 5.98. The van der Waals surface area contributed by atoms with Gasteiger partial charge in [0, 0.05) is 48.1 Å². The van der Waals surface area contributed by atoms with E-state index in [1.165, 1.54) is 6.07 Å². The topological polar surface area (TPSA) is 48.6 Å². The van der Waals surface area contributed by atoms with Crippen molar-refractivity contribution in [3.05, 3.63) is 65.6 Å². The number of benzene rings is 2. The lowest BCUT2D eigenvalue weighted by Gasteiger charge is -2.40. The van der Waals surface area contributed by atoms with Crippen molar-refractivity contribution >= 4 is 16.8 Å². The van der Waals surface area contributed by atoms with Crippen molar-refractivity contribution in [3.8, 4) is 5.75 Å². The maximum atomic E-state index is 14.3. The molecule has 2 fully saturated rings. The number of rotatable bonds is 4. The predicted molar refractivity (Wildman–Crippen MR) is 119 cm³/mol. The molecule has 5 nitrogen and oxygen atoms in total. The van der Waals surface area contributed by atoms with E-state index >= 15 is 0 Å². The van der Waals surface area contributed by atoms with Crippen LogP contribution < -0.4 is 4.74 Å². The Morgan fingerprint density at radius 1 is 1.13 bits per heavy atom. The lowest BCUT2D eigenvalue weighted by molar-refractivity contribution is 0.0669. The van der Waals surface area contributed by atoms with Crippen LogP contribution in [0.25, 0.3) is 10.9 Å². The molecule has 2 saturated heterocycles. The Hall–Kier alpha value is -2.86. The van der Waals surface area contributed by atoms with E-state index in [0.29, 0.717) is 23.6 Å². The zero-order valence-electron chi connectivity index (χ0n) is 17.9. The molecule has 2 aliphatic rings. The summed E-state index contributed by atoms with van der Waals surface area (Å²) in [6, 6.07) is 14.8. The lowest BCUT2D eigenvalue weighted by Crippen LogP contribution is -2.45. The summed E-state index contributed by atoms with van der Waals surface area (Å²) in [6.45, 7) is 3.95. The number of H-pyrrole nitrogens is 1. The van der Waals surface area contributed by atoms with Crippen LogP contribution >= 0.6 is 0 Å². The third-order valence-electron chi connectivity index (χ3n) is 6.87. The van der Waals surface area contributed by atoms with Crippen LogP contribution in [-0.2, 0) is 6.54 Å². The number of aromatic nitrogens is 1. The average molecular weight is 422 g/mol. The van der Waals surface area contributed by atoms with Gasteiger partial charge in [-0.3, -0.25) is 9.69 Å². The van der Waals surface area contributed by atoms with Gasteiger partial charge in [-0.25, -0.2) is 4.39 Å². The summed E-state index contributed by atoms with van der Waals surface area (Å²) >= 11 is 0. The Balaban J connectivity index is 1.28. The van der Waals surface area contributed by atoms with Crippen LogP contribution in [-0.4, -0.2) is 54.0 Å². The molecule has 1 N–H and O–H groups in total. The van der Waals surface area contributed by atoms with Crippen LogP contribution in [0.1, 0.15) is 35.3 Å². The number of amides is 1. The van der Waals surface area contributed by atoms with Crippen LogP contribution in [0.2, 0.25) is 0 Å². The van der Waals surface area contributed by atoms with E-state index in [4.69, 9.17) is 4.74 Å². The highest BCUT2D eigenvalue weighted by Gasteiger charge is 2.43. The number of fused-ring (bicyclic) bond motifs is 1. The van der Waals surface area contributed by atoms with Crippen molar-refractivity contribution < 1.29 is 13.9 Å². The van der Waals surface area contributed by atoms with Crippen molar-refractivity contribution in [1.29, 1.82) is 0 Å². The molecule has 1 aromatic heterocycles. The quantitative estimate of drug-likeness (QED) is 0.677. The van der Waals surface area contributed by atoms with Gasteiger partial charge in [-0.1, -0.05) is 18.2 Å². The second-order valence-electron chi connectivity index (χ2n) is 9.02. The number of likely N-dealkylation sites (tertiary alicyclic amines) is 2. The summed E-state index contributed by atoms with van der Waals surface area (Å²) in [5, 5.41) is 1.06. The Morgan fingerprint density at radius 2 is 2.00 bits per heavy atom. The minimum atomic E-state index is -0.192. The van der Waals surface area contributed by atoms with Gasteiger partial charge in [0.25, 0.3) is 5.91 Å². The first kappa shape index (κ1) is 20.1. The van der Waals surface area contributed by atoms with Gasteiger partial charge in [-0.05, 0) is 56.1 Å². The molecule has 3 aromatic rings. The van der Waals surface area contributed by atoms with E-state index in [0.717, 1.165) is 56.3 Å². The molecule has 31 heavy (non-hydrogen) atoms. The van der Waals surface area contributed by atoms with Crippen molar-refractivity contribution in [2.75, 3.05) is 33.3 Å². The monoisotopic (exact) mass is 421 g/mol. The molecule has 162 valence electrons. The molecule has 0 bridgehead atoms. The number of nitrogens with one attached hydrogen (secondary N) is 1. The smallest absolute Gasteiger partial charge is 0.270 e. The molecule has 0 saturated carbocycles. The minimum absolute atomic E-state index is 0.0732. The van der Waals surface area contributed by atoms with Crippen molar-refractivity contribution in [1.82, 2.24) is 14.8 Å². The van der Waals surface area contributed by atoms with E-state index < -0.39 is 0 Å². The number of carbonyl (C=O) groups is 1. The fourth-order valence-corrected chi connectivity index (χ4v) is 5.29. The third kappa shape index (κ3) is 3.92. The Bertz CT molecular complexity index is 1080. The van der Waals surface area contributed by atoms with Crippen molar-refractivity contribution in [3.63, 3.8) is 0 Å². The van der Waals surface area contributed by atoms with Gasteiger partial charge in [0.2, 0.25) is 0 Å². The van der Waals surface area contributed by atoms with Gasteiger partial charge >= 0.3 is 0 Å². The number of carbonyl (C=O) groups excluding carboxylic acids is 1. The Morgan fingerprint density at radius 3 is 2.84 bits per heavy atom. The number of hydrogen-bond donors (Lipinski definition) is 1. The minimum Gasteiger partial charge on any atom is -0.497 e. The van der Waals surface area contributed by atoms with Gasteiger partial charge in [0.15, 0.2) is 0 Å². The molecular formula is C25H28FN3O2. The molecule has 1 amide bonds. The standard InChI is InChI=1S/C25H28FN3O2/c1-31-20-7-8-21(26)19(13-20)15-28-11-4-9-25(16-28)10-12-29(17-25)24(30)23-14-18-5-2-3-6-22(18)27-23/h2-3,5-8,13-14,27H,4,9-12,15-17H2,1H3/t25-/m0/s1. The van der Waals surface area contributed by atoms with E-state index in [9.17, 15) is 9.18 Å². The maximum absolute atomic E-state index is 14.3. The summed E-state index contributed by atoms with van der Waals surface area (Å²) < 4.78 is 19.6. The molecule has 6 heteroatoms. The first-order valence-corrected chi connectivity index (χ1v) is 11.0. The number of hydrogen-bond acceptors (Lipinski definition) is 3. The normalized spacial score (nSPS) is 21.8. The fraction of sp³-hybridized carbons (Fsp3) is 0.400. The molecule has 2 aliphatic heterocycles. The van der Waals surface area contributed by atoms with E-state index in [1.54, 1.807) is 19.2 Å².